The lowest BCUT2D eigenvalue weighted by Gasteiger charge is -2.32. The quantitative estimate of drug-likeness (QED) is 0.615. The Kier molecular flexibility index (Phi) is 5.62. The normalized spacial score (nSPS) is 16.1. The van der Waals surface area contributed by atoms with Gasteiger partial charge < -0.3 is 9.64 Å². The molecule has 1 aromatic carbocycles. The van der Waals surface area contributed by atoms with E-state index >= 15 is 0 Å². The van der Waals surface area contributed by atoms with Gasteiger partial charge in [-0.2, -0.15) is 0 Å². The number of piperidine rings is 1. The van der Waals surface area contributed by atoms with Crippen LogP contribution in [0.1, 0.15) is 23.2 Å². The van der Waals surface area contributed by atoms with Crippen LogP contribution >= 0.6 is 11.6 Å². The number of hydrogen-bond acceptors (Lipinski definition) is 2. The highest BCUT2D eigenvalue weighted by Crippen LogP contribution is 2.20. The highest BCUT2D eigenvalue weighted by Gasteiger charge is 2.23. The summed E-state index contributed by atoms with van der Waals surface area (Å²) in [7, 11) is 0. The van der Waals surface area contributed by atoms with Crippen molar-refractivity contribution in [1.29, 1.82) is 0 Å². The van der Waals surface area contributed by atoms with Gasteiger partial charge in [0.05, 0.1) is 6.61 Å². The van der Waals surface area contributed by atoms with Gasteiger partial charge in [-0.15, -0.1) is 6.58 Å². The van der Waals surface area contributed by atoms with E-state index in [0.29, 0.717) is 23.1 Å². The van der Waals surface area contributed by atoms with Gasteiger partial charge in [-0.1, -0.05) is 23.7 Å². The maximum absolute atomic E-state index is 12.3. The van der Waals surface area contributed by atoms with Crippen molar-refractivity contribution in [3.05, 3.63) is 47.5 Å². The topological polar surface area (TPSA) is 29.5 Å². The third kappa shape index (κ3) is 4.09. The fraction of sp³-hybridized carbons (Fsp3) is 0.438. The van der Waals surface area contributed by atoms with Crippen LogP contribution in [0, 0.1) is 5.92 Å². The van der Waals surface area contributed by atoms with Gasteiger partial charge in [-0.05, 0) is 37.0 Å². The molecule has 1 aliphatic heterocycles. The van der Waals surface area contributed by atoms with Crippen LogP contribution < -0.4 is 0 Å². The van der Waals surface area contributed by atoms with Crippen molar-refractivity contribution >= 4 is 17.5 Å². The summed E-state index contributed by atoms with van der Waals surface area (Å²) in [6.07, 6.45) is 3.74. The van der Waals surface area contributed by atoms with Crippen molar-refractivity contribution in [2.24, 2.45) is 5.92 Å². The Bertz CT molecular complexity index is 467. The highest BCUT2D eigenvalue weighted by atomic mass is 35.5. The predicted molar refractivity (Wildman–Crippen MR) is 81.1 cm³/mol. The number of ether oxygens (including phenoxy) is 1. The van der Waals surface area contributed by atoms with E-state index < -0.39 is 0 Å². The number of carbonyl (C=O) groups excluding carboxylic acids is 1. The molecule has 0 N–H and O–H groups in total. The summed E-state index contributed by atoms with van der Waals surface area (Å²) >= 11 is 5.93. The second-order valence-corrected chi connectivity index (χ2v) is 5.51. The van der Waals surface area contributed by atoms with E-state index in [9.17, 15) is 4.79 Å². The molecule has 4 heteroatoms. The zero-order valence-electron chi connectivity index (χ0n) is 11.6. The monoisotopic (exact) mass is 293 g/mol. The summed E-state index contributed by atoms with van der Waals surface area (Å²) in [5.74, 6) is 0.608. The molecule has 20 heavy (non-hydrogen) atoms. The fourth-order valence-electron chi connectivity index (χ4n) is 2.42. The number of likely N-dealkylation sites (tertiary alicyclic amines) is 1. The number of carbonyl (C=O) groups is 1. The molecule has 0 unspecified atom stereocenters. The summed E-state index contributed by atoms with van der Waals surface area (Å²) in [5.41, 5.74) is 0.666. The molecule has 1 fully saturated rings. The van der Waals surface area contributed by atoms with Gasteiger partial charge in [-0.3, -0.25) is 4.79 Å². The SMILES string of the molecule is C=CCOCC1CCN(C(=O)c2cccc(Cl)c2)CC1. The first-order valence-electron chi connectivity index (χ1n) is 6.94. The number of rotatable bonds is 5. The van der Waals surface area contributed by atoms with Crippen molar-refractivity contribution < 1.29 is 9.53 Å². The molecule has 0 spiro atoms. The van der Waals surface area contributed by atoms with E-state index in [1.54, 1.807) is 18.2 Å². The fourth-order valence-corrected chi connectivity index (χ4v) is 2.62. The van der Waals surface area contributed by atoms with Gasteiger partial charge in [0.1, 0.15) is 0 Å². The minimum absolute atomic E-state index is 0.0676. The number of benzene rings is 1. The summed E-state index contributed by atoms with van der Waals surface area (Å²) in [4.78, 5) is 14.2. The van der Waals surface area contributed by atoms with Crippen molar-refractivity contribution in [1.82, 2.24) is 4.90 Å². The molecule has 1 aromatic rings. The number of amides is 1. The number of hydrogen-bond donors (Lipinski definition) is 0. The van der Waals surface area contributed by atoms with Crippen molar-refractivity contribution in [2.75, 3.05) is 26.3 Å². The lowest BCUT2D eigenvalue weighted by atomic mass is 9.97. The van der Waals surface area contributed by atoms with E-state index in [-0.39, 0.29) is 5.91 Å². The molecule has 1 saturated heterocycles. The third-order valence-electron chi connectivity index (χ3n) is 3.56. The van der Waals surface area contributed by atoms with E-state index in [1.807, 2.05) is 17.0 Å². The van der Waals surface area contributed by atoms with Crippen LogP contribution in [0.25, 0.3) is 0 Å². The summed E-state index contributed by atoms with van der Waals surface area (Å²) in [6, 6.07) is 7.13. The standard InChI is InChI=1S/C16H20ClNO2/c1-2-10-20-12-13-6-8-18(9-7-13)16(19)14-4-3-5-15(17)11-14/h2-5,11,13H,1,6-10,12H2. The van der Waals surface area contributed by atoms with Gasteiger partial charge in [0, 0.05) is 30.3 Å². The van der Waals surface area contributed by atoms with E-state index in [4.69, 9.17) is 16.3 Å². The molecule has 108 valence electrons. The Balaban J connectivity index is 1.84. The molecular weight excluding hydrogens is 274 g/mol. The van der Waals surface area contributed by atoms with Crippen molar-refractivity contribution in [3.63, 3.8) is 0 Å². The minimum atomic E-state index is 0.0676. The van der Waals surface area contributed by atoms with Gasteiger partial charge >= 0.3 is 0 Å². The van der Waals surface area contributed by atoms with Gasteiger partial charge in [0.15, 0.2) is 0 Å². The van der Waals surface area contributed by atoms with E-state index in [0.717, 1.165) is 32.5 Å². The van der Waals surface area contributed by atoms with Gasteiger partial charge in [0.25, 0.3) is 5.91 Å². The molecule has 0 aliphatic carbocycles. The maximum atomic E-state index is 12.3. The van der Waals surface area contributed by atoms with Crippen molar-refractivity contribution in [2.45, 2.75) is 12.8 Å². The predicted octanol–water partition coefficient (Wildman–Crippen LogP) is 3.39. The van der Waals surface area contributed by atoms with Crippen LogP contribution in [0.15, 0.2) is 36.9 Å². The molecule has 0 bridgehead atoms. The molecule has 1 heterocycles. The van der Waals surface area contributed by atoms with Crippen LogP contribution in [0.3, 0.4) is 0 Å². The summed E-state index contributed by atoms with van der Waals surface area (Å²) in [6.45, 7) is 6.55. The Morgan fingerprint density at radius 2 is 2.20 bits per heavy atom. The Morgan fingerprint density at radius 3 is 2.85 bits per heavy atom. The largest absolute Gasteiger partial charge is 0.377 e. The van der Waals surface area contributed by atoms with Crippen LogP contribution in [-0.4, -0.2) is 37.1 Å². The molecule has 0 aromatic heterocycles. The average molecular weight is 294 g/mol. The molecule has 0 saturated carbocycles. The molecule has 0 radical (unpaired) electrons. The van der Waals surface area contributed by atoms with Gasteiger partial charge in [-0.25, -0.2) is 0 Å². The van der Waals surface area contributed by atoms with Crippen LogP contribution in [0.4, 0.5) is 0 Å². The third-order valence-corrected chi connectivity index (χ3v) is 3.80. The zero-order valence-corrected chi connectivity index (χ0v) is 12.3. The molecule has 1 aliphatic rings. The Labute approximate surface area is 125 Å². The second kappa shape index (κ2) is 7.46. The lowest BCUT2D eigenvalue weighted by molar-refractivity contribution is 0.0575. The minimum Gasteiger partial charge on any atom is -0.377 e. The Hall–Kier alpha value is -1.32. The van der Waals surface area contributed by atoms with E-state index in [1.165, 1.54) is 0 Å². The average Bonchev–Trinajstić information content (AvgIpc) is 2.47. The van der Waals surface area contributed by atoms with E-state index in [2.05, 4.69) is 6.58 Å². The molecule has 2 rings (SSSR count). The smallest absolute Gasteiger partial charge is 0.253 e. The Morgan fingerprint density at radius 1 is 1.45 bits per heavy atom. The molecule has 0 atom stereocenters. The first-order valence-corrected chi connectivity index (χ1v) is 7.32. The molecule has 1 amide bonds. The molecular formula is C16H20ClNO2. The second-order valence-electron chi connectivity index (χ2n) is 5.07. The van der Waals surface area contributed by atoms with Crippen LogP contribution in [-0.2, 0) is 4.74 Å². The van der Waals surface area contributed by atoms with Gasteiger partial charge in [0.2, 0.25) is 0 Å². The van der Waals surface area contributed by atoms with Crippen molar-refractivity contribution in [3.8, 4) is 0 Å². The number of halogens is 1. The molecule has 3 nitrogen and oxygen atoms in total. The zero-order chi connectivity index (χ0) is 14.4. The number of nitrogens with zero attached hydrogens (tertiary/aromatic N) is 1. The first-order chi connectivity index (χ1) is 9.70. The van der Waals surface area contributed by atoms with Crippen LogP contribution in [0.2, 0.25) is 5.02 Å². The summed E-state index contributed by atoms with van der Waals surface area (Å²) < 4.78 is 5.48. The lowest BCUT2D eigenvalue weighted by Crippen LogP contribution is -2.39. The maximum Gasteiger partial charge on any atom is 0.253 e. The van der Waals surface area contributed by atoms with Crippen LogP contribution in [0.5, 0.6) is 0 Å². The first kappa shape index (κ1) is 15.1. The highest BCUT2D eigenvalue weighted by molar-refractivity contribution is 6.30. The summed E-state index contributed by atoms with van der Waals surface area (Å²) in [5, 5.41) is 0.601.